The smallest absolute Gasteiger partial charge is 0.386 e. The predicted octanol–water partition coefficient (Wildman–Crippen LogP) is 4.20. The van der Waals surface area contributed by atoms with Crippen molar-refractivity contribution in [1.29, 1.82) is 0 Å². The molecule has 0 heterocycles. The number of rotatable bonds is 3. The van der Waals surface area contributed by atoms with Crippen molar-refractivity contribution in [1.82, 2.24) is 0 Å². The van der Waals surface area contributed by atoms with E-state index in [-0.39, 0.29) is 0 Å². The molecule has 0 aliphatic heterocycles. The summed E-state index contributed by atoms with van der Waals surface area (Å²) in [5.74, 6) is -11.7. The Bertz CT molecular complexity index is 485. The Hall–Kier alpha value is -1.31. The van der Waals surface area contributed by atoms with Crippen LogP contribution in [-0.4, -0.2) is 17.2 Å². The fraction of sp³-hybridized carbons (Fsp3) is 0.500. The van der Waals surface area contributed by atoms with E-state index in [0.29, 0.717) is 6.07 Å². The van der Waals surface area contributed by atoms with E-state index in [1.165, 1.54) is 0 Å². The highest BCUT2D eigenvalue weighted by Gasteiger charge is 2.74. The van der Waals surface area contributed by atoms with Gasteiger partial charge in [0.15, 0.2) is 0 Å². The Morgan fingerprint density at radius 2 is 1.20 bits per heavy atom. The molecule has 0 atom stereocenters. The van der Waals surface area contributed by atoms with Crippen LogP contribution >= 0.6 is 0 Å². The Morgan fingerprint density at radius 3 is 1.55 bits per heavy atom. The monoisotopic (exact) mass is 304 g/mol. The van der Waals surface area contributed by atoms with Crippen LogP contribution in [0.25, 0.3) is 0 Å². The van der Waals surface area contributed by atoms with Crippen LogP contribution in [-0.2, 0) is 11.5 Å². The van der Waals surface area contributed by atoms with E-state index in [1.54, 1.807) is 0 Å². The minimum atomic E-state index is -6.41. The van der Waals surface area contributed by atoms with Gasteiger partial charge in [-0.15, -0.1) is 0 Å². The van der Waals surface area contributed by atoms with Gasteiger partial charge in [-0.25, -0.2) is 0 Å². The molecule has 0 radical (unpaired) electrons. The third-order valence-electron chi connectivity index (χ3n) is 2.67. The fourth-order valence-corrected chi connectivity index (χ4v) is 1.64. The molecule has 0 amide bonds. The van der Waals surface area contributed by atoms with E-state index in [2.05, 4.69) is 0 Å². The molecule has 0 unspecified atom stereocenters. The van der Waals surface area contributed by atoms with Crippen molar-refractivity contribution >= 4 is 0 Å². The van der Waals surface area contributed by atoms with Gasteiger partial charge in [-0.3, -0.25) is 0 Å². The van der Waals surface area contributed by atoms with E-state index < -0.39 is 34.7 Å². The first-order chi connectivity index (χ1) is 8.73. The molecule has 1 N–H and O–H groups in total. The lowest BCUT2D eigenvalue weighted by Gasteiger charge is -2.32. The van der Waals surface area contributed by atoms with Crippen molar-refractivity contribution in [3.63, 3.8) is 0 Å². The number of hydrogen-bond acceptors (Lipinski definition) is 1. The quantitative estimate of drug-likeness (QED) is 0.830. The lowest BCUT2D eigenvalue weighted by atomic mass is 9.88. The van der Waals surface area contributed by atoms with Gasteiger partial charge in [0.1, 0.15) is 0 Å². The molecule has 0 fully saturated rings. The maximum Gasteiger partial charge on any atom is 0.460 e. The first-order valence-electron chi connectivity index (χ1n) is 5.37. The third kappa shape index (κ3) is 2.61. The molecule has 1 nitrogen and oxygen atoms in total. The zero-order chi connectivity index (χ0) is 16.0. The summed E-state index contributed by atoms with van der Waals surface area (Å²) in [6.07, 6.45) is -6.41. The highest BCUT2D eigenvalue weighted by Crippen LogP contribution is 2.53. The molecular formula is C12H11F7O. The number of benzene rings is 1. The molecule has 8 heteroatoms. The summed E-state index contributed by atoms with van der Waals surface area (Å²) in [6.45, 7) is 2.02. The molecule has 0 saturated carbocycles. The minimum absolute atomic E-state index is 0.437. The van der Waals surface area contributed by atoms with Crippen LogP contribution in [0.2, 0.25) is 0 Å². The van der Waals surface area contributed by atoms with Crippen molar-refractivity contribution in [2.45, 2.75) is 37.5 Å². The van der Waals surface area contributed by atoms with Crippen molar-refractivity contribution in [3.8, 4) is 0 Å². The maximum absolute atomic E-state index is 13.6. The minimum Gasteiger partial charge on any atom is -0.386 e. The summed E-state index contributed by atoms with van der Waals surface area (Å²) in [4.78, 5) is 0. The van der Waals surface area contributed by atoms with Gasteiger partial charge in [-0.2, -0.15) is 30.7 Å². The van der Waals surface area contributed by atoms with E-state index in [9.17, 15) is 35.8 Å². The van der Waals surface area contributed by atoms with Crippen LogP contribution in [0.5, 0.6) is 0 Å². The summed E-state index contributed by atoms with van der Waals surface area (Å²) in [5, 5.41) is 9.64. The van der Waals surface area contributed by atoms with E-state index in [0.717, 1.165) is 32.0 Å². The standard InChI is InChI=1S/C12H11F7O/c1-9(2,20)7-5-3-4-6-8(7)10(13,14)11(15,16)12(17,18)19/h3-6,20H,1-2H3. The molecule has 114 valence electrons. The molecule has 1 aromatic carbocycles. The Labute approximate surface area is 110 Å². The zero-order valence-corrected chi connectivity index (χ0v) is 10.4. The maximum atomic E-state index is 13.6. The first kappa shape index (κ1) is 16.7. The molecule has 20 heavy (non-hydrogen) atoms. The van der Waals surface area contributed by atoms with Crippen molar-refractivity contribution in [2.75, 3.05) is 0 Å². The van der Waals surface area contributed by atoms with Gasteiger partial charge >= 0.3 is 18.0 Å². The highest BCUT2D eigenvalue weighted by molar-refractivity contribution is 5.36. The molecular weight excluding hydrogens is 293 g/mol. The van der Waals surface area contributed by atoms with Gasteiger partial charge in [0, 0.05) is 5.56 Å². The molecule has 0 saturated heterocycles. The SMILES string of the molecule is CC(C)(O)c1ccccc1C(F)(F)C(F)(F)C(F)(F)F. The Kier molecular flexibility index (Phi) is 3.86. The summed E-state index contributed by atoms with van der Waals surface area (Å²) in [6, 6.07) is 3.35. The summed E-state index contributed by atoms with van der Waals surface area (Å²) in [5.41, 5.74) is -4.26. The number of hydrogen-bond donors (Lipinski definition) is 1. The van der Waals surface area contributed by atoms with Gasteiger partial charge in [0.2, 0.25) is 0 Å². The molecule has 0 spiro atoms. The normalized spacial score (nSPS) is 14.5. The Balaban J connectivity index is 3.52. The van der Waals surface area contributed by atoms with E-state index in [1.807, 2.05) is 0 Å². The van der Waals surface area contributed by atoms with Crippen molar-refractivity contribution in [3.05, 3.63) is 35.4 Å². The van der Waals surface area contributed by atoms with Gasteiger partial charge in [0.05, 0.1) is 5.60 Å². The summed E-state index contributed by atoms with van der Waals surface area (Å²) < 4.78 is 89.7. The largest absolute Gasteiger partial charge is 0.460 e. The third-order valence-corrected chi connectivity index (χ3v) is 2.67. The number of halogens is 7. The molecule has 0 aliphatic rings. The van der Waals surface area contributed by atoms with Gasteiger partial charge < -0.3 is 5.11 Å². The van der Waals surface area contributed by atoms with Crippen LogP contribution in [0.1, 0.15) is 25.0 Å². The average molecular weight is 304 g/mol. The fourth-order valence-electron chi connectivity index (χ4n) is 1.64. The highest BCUT2D eigenvalue weighted by atomic mass is 19.4. The lowest BCUT2D eigenvalue weighted by molar-refractivity contribution is -0.359. The summed E-state index contributed by atoms with van der Waals surface area (Å²) in [7, 11) is 0. The van der Waals surface area contributed by atoms with E-state index in [4.69, 9.17) is 0 Å². The topological polar surface area (TPSA) is 20.2 Å². The second-order valence-electron chi connectivity index (χ2n) is 4.75. The second kappa shape index (κ2) is 4.61. The predicted molar refractivity (Wildman–Crippen MR) is 56.6 cm³/mol. The lowest BCUT2D eigenvalue weighted by Crippen LogP contribution is -2.50. The van der Waals surface area contributed by atoms with Gasteiger partial charge in [-0.1, -0.05) is 24.3 Å². The first-order valence-corrected chi connectivity index (χ1v) is 5.37. The van der Waals surface area contributed by atoms with E-state index >= 15 is 0 Å². The van der Waals surface area contributed by atoms with Gasteiger partial charge in [0.25, 0.3) is 0 Å². The van der Waals surface area contributed by atoms with Crippen LogP contribution in [0.4, 0.5) is 30.7 Å². The molecule has 0 bridgehead atoms. The molecule has 0 aliphatic carbocycles. The van der Waals surface area contributed by atoms with Crippen LogP contribution < -0.4 is 0 Å². The molecule has 0 aromatic heterocycles. The summed E-state index contributed by atoms with van der Waals surface area (Å²) >= 11 is 0. The number of alkyl halides is 7. The van der Waals surface area contributed by atoms with Crippen LogP contribution in [0, 0.1) is 0 Å². The zero-order valence-electron chi connectivity index (χ0n) is 10.4. The average Bonchev–Trinajstić information content (AvgIpc) is 2.26. The second-order valence-corrected chi connectivity index (χ2v) is 4.75. The van der Waals surface area contributed by atoms with Gasteiger partial charge in [-0.05, 0) is 19.4 Å². The van der Waals surface area contributed by atoms with Crippen LogP contribution in [0.15, 0.2) is 24.3 Å². The van der Waals surface area contributed by atoms with Crippen molar-refractivity contribution in [2.24, 2.45) is 0 Å². The number of aliphatic hydroxyl groups is 1. The molecule has 1 aromatic rings. The molecule has 1 rings (SSSR count). The van der Waals surface area contributed by atoms with Crippen molar-refractivity contribution < 1.29 is 35.8 Å². The van der Waals surface area contributed by atoms with Crippen LogP contribution in [0.3, 0.4) is 0 Å². The Morgan fingerprint density at radius 1 is 0.800 bits per heavy atom.